The van der Waals surface area contributed by atoms with Gasteiger partial charge in [-0.1, -0.05) is 30.3 Å². The van der Waals surface area contributed by atoms with Crippen LogP contribution in [0.2, 0.25) is 0 Å². The van der Waals surface area contributed by atoms with Crippen molar-refractivity contribution in [3.8, 4) is 5.88 Å². The second-order valence-electron chi connectivity index (χ2n) is 8.56. The number of aliphatic imine (C=N–C) groups is 1. The normalized spacial score (nSPS) is 14.9. The number of nitrogens with one attached hydrogen (secondary N) is 1. The van der Waals surface area contributed by atoms with E-state index in [0.717, 1.165) is 5.56 Å². The number of benzene rings is 1. The van der Waals surface area contributed by atoms with Crippen LogP contribution >= 0.6 is 7.75 Å². The molecule has 0 spiro atoms. The summed E-state index contributed by atoms with van der Waals surface area (Å²) in [6, 6.07) is 8.84. The summed E-state index contributed by atoms with van der Waals surface area (Å²) in [5, 5.41) is 23.4. The van der Waals surface area contributed by atoms with Gasteiger partial charge in [-0.15, -0.1) is 0 Å². The van der Waals surface area contributed by atoms with E-state index in [1.165, 1.54) is 20.4 Å². The largest absolute Gasteiger partial charge is 0.479 e. The summed E-state index contributed by atoms with van der Waals surface area (Å²) >= 11 is 0. The van der Waals surface area contributed by atoms with Gasteiger partial charge in [0.1, 0.15) is 25.4 Å². The first-order chi connectivity index (χ1) is 20.5. The summed E-state index contributed by atoms with van der Waals surface area (Å²) < 4.78 is 44.0. The molecule has 1 heterocycles. The number of aliphatic hydroxyl groups excluding tert-OH is 2. The van der Waals surface area contributed by atoms with Crippen molar-refractivity contribution in [1.29, 1.82) is 0 Å². The van der Waals surface area contributed by atoms with Gasteiger partial charge < -0.3 is 40.6 Å². The maximum Gasteiger partial charge on any atom is 0.406 e. The third-order valence-electron chi connectivity index (χ3n) is 5.46. The van der Waals surface area contributed by atoms with Crippen molar-refractivity contribution in [2.45, 2.75) is 38.3 Å². The fourth-order valence-corrected chi connectivity index (χ4v) is 4.47. The SMILES string of the molecule is CCOC(=O)CNP(=O)(OCC(=O)OCc1ccccc1)OCC(OC)C(O)[C@H](O)CC=Nc1c(N)nc(N)nc1OC. The van der Waals surface area contributed by atoms with Crippen LogP contribution < -0.4 is 21.3 Å². The minimum atomic E-state index is -4.37. The predicted molar refractivity (Wildman–Crippen MR) is 153 cm³/mol. The maximum absolute atomic E-state index is 13.3. The smallest absolute Gasteiger partial charge is 0.406 e. The molecule has 2 rings (SSSR count). The van der Waals surface area contributed by atoms with Gasteiger partial charge in [0, 0.05) is 19.7 Å². The number of nitrogen functional groups attached to an aromatic ring is 2. The standard InChI is InChI=1S/C25H37N6O11P/c1-4-39-19(33)12-29-43(36,42-15-20(34)40-13-16-8-6-5-7-9-16)41-14-18(37-2)22(35)17(32)10-11-28-21-23(26)30-25(27)31-24(21)38-3/h5-9,11,17-18,22,32,35H,4,10,12-15H2,1-3H3,(H,29,36)(H4,26,27,30,31)/t17-,18?,22?,43?/m1/s1. The predicted octanol–water partition coefficient (Wildman–Crippen LogP) is 0.516. The van der Waals surface area contributed by atoms with E-state index in [-0.39, 0.29) is 43.0 Å². The topological polar surface area (TPSA) is 249 Å². The van der Waals surface area contributed by atoms with Crippen molar-refractivity contribution in [1.82, 2.24) is 15.1 Å². The molecule has 238 valence electrons. The van der Waals surface area contributed by atoms with Crippen LogP contribution in [0.5, 0.6) is 5.88 Å². The second-order valence-corrected chi connectivity index (χ2v) is 10.4. The lowest BCUT2D eigenvalue weighted by molar-refractivity contribution is -0.147. The molecule has 0 aliphatic carbocycles. The molecular formula is C25H37N6O11P. The van der Waals surface area contributed by atoms with Gasteiger partial charge in [0.15, 0.2) is 18.1 Å². The number of carbonyl (C=O) groups is 2. The number of nitrogens with two attached hydrogens (primary N) is 2. The monoisotopic (exact) mass is 628 g/mol. The van der Waals surface area contributed by atoms with Crippen molar-refractivity contribution in [2.24, 2.45) is 4.99 Å². The summed E-state index contributed by atoms with van der Waals surface area (Å²) in [6.45, 7) is -0.352. The first-order valence-electron chi connectivity index (χ1n) is 12.9. The molecular weight excluding hydrogens is 591 g/mol. The van der Waals surface area contributed by atoms with E-state index in [1.807, 2.05) is 0 Å². The Morgan fingerprint density at radius 1 is 1.09 bits per heavy atom. The van der Waals surface area contributed by atoms with E-state index in [0.29, 0.717) is 0 Å². The molecule has 0 bridgehead atoms. The molecule has 0 fully saturated rings. The molecule has 1 aromatic heterocycles. The molecule has 0 aliphatic rings. The van der Waals surface area contributed by atoms with Crippen LogP contribution in [0, 0.1) is 0 Å². The van der Waals surface area contributed by atoms with Crippen LogP contribution in [0.1, 0.15) is 18.9 Å². The molecule has 0 saturated carbocycles. The number of aliphatic hydroxyl groups is 2. The van der Waals surface area contributed by atoms with Gasteiger partial charge in [0.05, 0.1) is 26.4 Å². The second kappa shape index (κ2) is 18.1. The van der Waals surface area contributed by atoms with Crippen LogP contribution in [-0.4, -0.2) is 97.2 Å². The van der Waals surface area contributed by atoms with E-state index in [1.54, 1.807) is 37.3 Å². The lowest BCUT2D eigenvalue weighted by atomic mass is 10.1. The minimum Gasteiger partial charge on any atom is -0.479 e. The van der Waals surface area contributed by atoms with E-state index in [4.69, 9.17) is 39.5 Å². The highest BCUT2D eigenvalue weighted by atomic mass is 31.2. The fourth-order valence-electron chi connectivity index (χ4n) is 3.27. The van der Waals surface area contributed by atoms with Gasteiger partial charge >= 0.3 is 19.7 Å². The quantitative estimate of drug-likeness (QED) is 0.0807. The molecule has 0 aliphatic heterocycles. The Labute approximate surface area is 248 Å². The third kappa shape index (κ3) is 12.2. The van der Waals surface area contributed by atoms with Crippen molar-refractivity contribution < 1.29 is 52.4 Å². The maximum atomic E-state index is 13.3. The molecule has 7 N–H and O–H groups in total. The Kier molecular flexibility index (Phi) is 14.9. The summed E-state index contributed by atoms with van der Waals surface area (Å²) in [4.78, 5) is 35.7. The average Bonchev–Trinajstić information content (AvgIpc) is 2.99. The number of aromatic nitrogens is 2. The zero-order valence-electron chi connectivity index (χ0n) is 24.0. The number of hydrogen-bond donors (Lipinski definition) is 5. The molecule has 0 amide bonds. The van der Waals surface area contributed by atoms with Gasteiger partial charge in [-0.2, -0.15) is 9.97 Å². The molecule has 17 nitrogen and oxygen atoms in total. The fraction of sp³-hybridized carbons (Fsp3) is 0.480. The number of esters is 2. The lowest BCUT2D eigenvalue weighted by Crippen LogP contribution is -2.41. The van der Waals surface area contributed by atoms with E-state index in [2.05, 4.69) is 20.0 Å². The lowest BCUT2D eigenvalue weighted by Gasteiger charge is -2.27. The molecule has 0 radical (unpaired) electrons. The van der Waals surface area contributed by atoms with E-state index < -0.39 is 57.8 Å². The molecule has 4 atom stereocenters. The molecule has 0 saturated heterocycles. The minimum absolute atomic E-state index is 0.00877. The van der Waals surface area contributed by atoms with Crippen LogP contribution in [-0.2, 0) is 44.0 Å². The summed E-state index contributed by atoms with van der Waals surface area (Å²) in [5.74, 6) is -1.78. The van der Waals surface area contributed by atoms with Crippen molar-refractivity contribution in [3.63, 3.8) is 0 Å². The zero-order chi connectivity index (χ0) is 31.8. The number of hydrogen-bond acceptors (Lipinski definition) is 16. The van der Waals surface area contributed by atoms with Gasteiger partial charge in [-0.3, -0.25) is 18.8 Å². The first kappa shape index (κ1) is 35.5. The highest BCUT2D eigenvalue weighted by molar-refractivity contribution is 7.51. The molecule has 3 unspecified atom stereocenters. The summed E-state index contributed by atoms with van der Waals surface area (Å²) in [5.41, 5.74) is 12.1. The van der Waals surface area contributed by atoms with Crippen LogP contribution in [0.3, 0.4) is 0 Å². The number of ether oxygens (including phenoxy) is 4. The summed E-state index contributed by atoms with van der Waals surface area (Å²) in [6.07, 6.45) is -3.22. The van der Waals surface area contributed by atoms with Crippen molar-refractivity contribution in [2.75, 3.05) is 52.1 Å². The zero-order valence-corrected chi connectivity index (χ0v) is 24.8. The molecule has 2 aromatic rings. The highest BCUT2D eigenvalue weighted by Gasteiger charge is 2.33. The van der Waals surface area contributed by atoms with Gasteiger partial charge in [-0.05, 0) is 12.5 Å². The molecule has 1 aromatic carbocycles. The summed E-state index contributed by atoms with van der Waals surface area (Å²) in [7, 11) is -1.82. The Hall–Kier alpha value is -3.70. The Balaban J connectivity index is 2.00. The average molecular weight is 629 g/mol. The number of carbonyl (C=O) groups excluding carboxylic acids is 2. The third-order valence-corrected chi connectivity index (χ3v) is 6.96. The molecule has 18 heteroatoms. The number of rotatable bonds is 19. The highest BCUT2D eigenvalue weighted by Crippen LogP contribution is 2.43. The van der Waals surface area contributed by atoms with Gasteiger partial charge in [0.2, 0.25) is 11.8 Å². The Morgan fingerprint density at radius 3 is 2.47 bits per heavy atom. The first-order valence-corrected chi connectivity index (χ1v) is 14.4. The van der Waals surface area contributed by atoms with Crippen LogP contribution in [0.4, 0.5) is 17.5 Å². The van der Waals surface area contributed by atoms with Gasteiger partial charge in [-0.25, -0.2) is 14.4 Å². The van der Waals surface area contributed by atoms with Crippen LogP contribution in [0.15, 0.2) is 35.3 Å². The van der Waals surface area contributed by atoms with Gasteiger partial charge in [0.25, 0.3) is 0 Å². The van der Waals surface area contributed by atoms with Crippen molar-refractivity contribution in [3.05, 3.63) is 35.9 Å². The molecule has 43 heavy (non-hydrogen) atoms. The number of methoxy groups -OCH3 is 2. The Bertz CT molecular complexity index is 1250. The Morgan fingerprint density at radius 2 is 1.81 bits per heavy atom. The van der Waals surface area contributed by atoms with Crippen molar-refractivity contribution >= 4 is 43.4 Å². The number of nitrogens with zero attached hydrogens (tertiary/aromatic N) is 3. The van der Waals surface area contributed by atoms with Crippen LogP contribution in [0.25, 0.3) is 0 Å². The van der Waals surface area contributed by atoms with E-state index in [9.17, 15) is 24.4 Å². The van der Waals surface area contributed by atoms with E-state index >= 15 is 0 Å². The number of anilines is 2.